The lowest BCUT2D eigenvalue weighted by atomic mass is 9.86. The van der Waals surface area contributed by atoms with Gasteiger partial charge < -0.3 is 20.3 Å². The number of nitrogens with zero attached hydrogens (tertiary/aromatic N) is 1. The summed E-state index contributed by atoms with van der Waals surface area (Å²) in [6, 6.07) is 28.2. The van der Waals surface area contributed by atoms with Gasteiger partial charge in [-0.3, -0.25) is 4.90 Å². The van der Waals surface area contributed by atoms with E-state index in [4.69, 9.17) is 16.3 Å². The molecule has 0 aromatic heterocycles. The highest BCUT2D eigenvalue weighted by Crippen LogP contribution is 2.35. The zero-order valence-electron chi connectivity index (χ0n) is 26.8. The van der Waals surface area contributed by atoms with E-state index in [1.54, 1.807) is 6.07 Å². The van der Waals surface area contributed by atoms with Crippen LogP contribution in [-0.4, -0.2) is 46.9 Å². The third-order valence-corrected chi connectivity index (χ3v) is 8.54. The molecule has 3 N–H and O–H groups in total. The fraction of sp³-hybridized carbons (Fsp3) is 0.368. The Morgan fingerprint density at radius 1 is 0.822 bits per heavy atom. The maximum absolute atomic E-state index is 13.7. The summed E-state index contributed by atoms with van der Waals surface area (Å²) in [5.74, 6) is 0.00225. The van der Waals surface area contributed by atoms with Gasteiger partial charge in [-0.15, -0.1) is 0 Å². The summed E-state index contributed by atoms with van der Waals surface area (Å²) >= 11 is 5.86. The van der Waals surface area contributed by atoms with Crippen LogP contribution in [0.15, 0.2) is 84.9 Å². The number of phenols is 2. The SMILES string of the molecule is CC(C)N(CC[C@H](c1ccccc1)c1cc(CCOc2ccc(CCNCc3cc(F)c(O)c(Cl)c3)cc2)ccc1O)C(C)C. The second-order valence-corrected chi connectivity index (χ2v) is 12.6. The average molecular weight is 633 g/mol. The van der Waals surface area contributed by atoms with Crippen LogP contribution in [0.1, 0.15) is 67.9 Å². The molecule has 1 atom stereocenters. The van der Waals surface area contributed by atoms with Crippen LogP contribution >= 0.6 is 11.6 Å². The van der Waals surface area contributed by atoms with E-state index >= 15 is 0 Å². The molecule has 0 heterocycles. The Bertz CT molecular complexity index is 1460. The molecule has 0 amide bonds. The van der Waals surface area contributed by atoms with Crippen LogP contribution < -0.4 is 10.1 Å². The second-order valence-electron chi connectivity index (χ2n) is 12.1. The number of halogens is 2. The van der Waals surface area contributed by atoms with Crippen LogP contribution in [0.4, 0.5) is 4.39 Å². The van der Waals surface area contributed by atoms with Crippen LogP contribution in [0.5, 0.6) is 17.2 Å². The molecule has 4 aromatic rings. The first kappa shape index (κ1) is 34.3. The second kappa shape index (κ2) is 16.6. The summed E-state index contributed by atoms with van der Waals surface area (Å²) in [5, 5.41) is 23.7. The van der Waals surface area contributed by atoms with Crippen molar-refractivity contribution in [2.75, 3.05) is 19.7 Å². The van der Waals surface area contributed by atoms with Gasteiger partial charge in [0.2, 0.25) is 0 Å². The van der Waals surface area contributed by atoms with Crippen LogP contribution in [-0.2, 0) is 19.4 Å². The number of rotatable bonds is 16. The molecule has 0 fully saturated rings. The predicted molar refractivity (Wildman–Crippen MR) is 182 cm³/mol. The van der Waals surface area contributed by atoms with Crippen LogP contribution in [0.3, 0.4) is 0 Å². The number of nitrogens with one attached hydrogen (secondary N) is 1. The largest absolute Gasteiger partial charge is 0.508 e. The molecule has 4 aromatic carbocycles. The van der Waals surface area contributed by atoms with Crippen molar-refractivity contribution in [2.24, 2.45) is 0 Å². The molecule has 0 aliphatic rings. The lowest BCUT2D eigenvalue weighted by Crippen LogP contribution is -2.38. The van der Waals surface area contributed by atoms with Gasteiger partial charge in [-0.05, 0) is 106 Å². The highest BCUT2D eigenvalue weighted by molar-refractivity contribution is 6.32. The minimum absolute atomic E-state index is 0.0138. The summed E-state index contributed by atoms with van der Waals surface area (Å²) in [7, 11) is 0. The first-order valence-corrected chi connectivity index (χ1v) is 16.2. The minimum atomic E-state index is -0.715. The molecular weight excluding hydrogens is 587 g/mol. The molecule has 5 nitrogen and oxygen atoms in total. The maximum Gasteiger partial charge on any atom is 0.170 e. The molecule has 0 unspecified atom stereocenters. The van der Waals surface area contributed by atoms with Crippen LogP contribution in [0.2, 0.25) is 5.02 Å². The molecule has 0 bridgehead atoms. The highest BCUT2D eigenvalue weighted by atomic mass is 35.5. The zero-order valence-corrected chi connectivity index (χ0v) is 27.5. The normalized spacial score (nSPS) is 12.3. The van der Waals surface area contributed by atoms with Crippen molar-refractivity contribution in [2.45, 2.75) is 71.5 Å². The summed E-state index contributed by atoms with van der Waals surface area (Å²) in [6.07, 6.45) is 2.45. The quantitative estimate of drug-likeness (QED) is 0.108. The van der Waals surface area contributed by atoms with E-state index in [0.29, 0.717) is 43.1 Å². The molecule has 0 aliphatic heterocycles. The third-order valence-electron chi connectivity index (χ3n) is 8.25. The Morgan fingerprint density at radius 2 is 1.51 bits per heavy atom. The summed E-state index contributed by atoms with van der Waals surface area (Å²) < 4.78 is 19.8. The standard InChI is InChI=1S/C38H46ClFN2O3/c1-26(2)42(27(3)4)20-17-33(31-8-6-5-7-9-31)34-22-29(12-15-37(34)43)18-21-45-32-13-10-28(11-14-32)16-19-41-25-30-23-35(39)38(44)36(40)24-30/h5-15,22-24,26-27,33,41,43-44H,16-21,25H2,1-4H3/t33-/m1/s1. The van der Waals surface area contributed by atoms with Crippen molar-refractivity contribution in [1.82, 2.24) is 10.2 Å². The van der Waals surface area contributed by atoms with Gasteiger partial charge in [0.15, 0.2) is 11.6 Å². The van der Waals surface area contributed by atoms with Gasteiger partial charge in [-0.25, -0.2) is 4.39 Å². The third kappa shape index (κ3) is 9.95. The van der Waals surface area contributed by atoms with Crippen molar-refractivity contribution in [3.8, 4) is 17.2 Å². The van der Waals surface area contributed by atoms with E-state index in [2.05, 4.69) is 80.4 Å². The van der Waals surface area contributed by atoms with E-state index in [1.807, 2.05) is 30.3 Å². The number of phenolic OH excluding ortho intramolecular Hbond substituents is 2. The molecule has 0 saturated heterocycles. The van der Waals surface area contributed by atoms with Gasteiger partial charge in [0.05, 0.1) is 11.6 Å². The van der Waals surface area contributed by atoms with E-state index in [9.17, 15) is 14.6 Å². The van der Waals surface area contributed by atoms with Gasteiger partial charge in [0.1, 0.15) is 11.5 Å². The van der Waals surface area contributed by atoms with Crippen LogP contribution in [0, 0.1) is 5.82 Å². The van der Waals surface area contributed by atoms with E-state index in [0.717, 1.165) is 48.2 Å². The Balaban J connectivity index is 1.31. The fourth-order valence-electron chi connectivity index (χ4n) is 5.84. The first-order valence-electron chi connectivity index (χ1n) is 15.8. The molecule has 7 heteroatoms. The molecule has 45 heavy (non-hydrogen) atoms. The lowest BCUT2D eigenvalue weighted by molar-refractivity contribution is 0.170. The van der Waals surface area contributed by atoms with E-state index in [-0.39, 0.29) is 10.9 Å². The average Bonchev–Trinajstić information content (AvgIpc) is 3.02. The first-order chi connectivity index (χ1) is 21.6. The predicted octanol–water partition coefficient (Wildman–Crippen LogP) is 8.48. The van der Waals surface area contributed by atoms with Gasteiger partial charge in [0, 0.05) is 36.5 Å². The van der Waals surface area contributed by atoms with Crippen molar-refractivity contribution in [3.05, 3.63) is 124 Å². The van der Waals surface area contributed by atoms with Gasteiger partial charge in [0.25, 0.3) is 0 Å². The van der Waals surface area contributed by atoms with Crippen LogP contribution in [0.25, 0.3) is 0 Å². The molecule has 0 spiro atoms. The molecule has 0 radical (unpaired) electrons. The smallest absolute Gasteiger partial charge is 0.170 e. The van der Waals surface area contributed by atoms with Crippen molar-refractivity contribution in [3.63, 3.8) is 0 Å². The Hall–Kier alpha value is -3.58. The molecule has 240 valence electrons. The Morgan fingerprint density at radius 3 is 2.18 bits per heavy atom. The number of hydrogen-bond donors (Lipinski definition) is 3. The lowest BCUT2D eigenvalue weighted by Gasteiger charge is -2.32. The van der Waals surface area contributed by atoms with Crippen molar-refractivity contribution >= 4 is 11.6 Å². The number of hydrogen-bond acceptors (Lipinski definition) is 5. The summed E-state index contributed by atoms with van der Waals surface area (Å²) in [5.41, 5.74) is 5.14. The fourth-order valence-corrected chi connectivity index (χ4v) is 6.07. The minimum Gasteiger partial charge on any atom is -0.508 e. The van der Waals surface area contributed by atoms with Crippen molar-refractivity contribution < 1.29 is 19.3 Å². The Labute approximate surface area is 272 Å². The molecule has 4 rings (SSSR count). The van der Waals surface area contributed by atoms with Gasteiger partial charge in [-0.1, -0.05) is 66.2 Å². The number of ether oxygens (including phenoxy) is 1. The number of aromatic hydroxyl groups is 2. The summed E-state index contributed by atoms with van der Waals surface area (Å²) in [4.78, 5) is 2.50. The maximum atomic E-state index is 13.7. The highest BCUT2D eigenvalue weighted by Gasteiger charge is 2.22. The van der Waals surface area contributed by atoms with Crippen molar-refractivity contribution in [1.29, 1.82) is 0 Å². The number of benzene rings is 4. The van der Waals surface area contributed by atoms with Gasteiger partial charge in [-0.2, -0.15) is 0 Å². The topological polar surface area (TPSA) is 65.0 Å². The monoisotopic (exact) mass is 632 g/mol. The molecule has 0 saturated carbocycles. The molecule has 0 aliphatic carbocycles. The van der Waals surface area contributed by atoms with E-state index < -0.39 is 11.6 Å². The molecular formula is C38H46ClFN2O3. The van der Waals surface area contributed by atoms with E-state index in [1.165, 1.54) is 11.6 Å². The zero-order chi connectivity index (χ0) is 32.3. The van der Waals surface area contributed by atoms with Gasteiger partial charge >= 0.3 is 0 Å². The Kier molecular flexibility index (Phi) is 12.7. The summed E-state index contributed by atoms with van der Waals surface area (Å²) in [6.45, 7) is 11.6.